The monoisotopic (exact) mass is 434 g/mol. The summed E-state index contributed by atoms with van der Waals surface area (Å²) in [6.07, 6.45) is 2.15. The molecule has 0 saturated heterocycles. The summed E-state index contributed by atoms with van der Waals surface area (Å²) in [7, 11) is 0. The van der Waals surface area contributed by atoms with E-state index in [-0.39, 0.29) is 6.04 Å². The third-order valence-electron chi connectivity index (χ3n) is 6.19. The van der Waals surface area contributed by atoms with Crippen LogP contribution < -0.4 is 9.64 Å². The first-order valence-corrected chi connectivity index (χ1v) is 11.6. The van der Waals surface area contributed by atoms with Gasteiger partial charge in [0, 0.05) is 22.9 Å². The van der Waals surface area contributed by atoms with Crippen LogP contribution in [0, 0.1) is 0 Å². The van der Waals surface area contributed by atoms with Crippen molar-refractivity contribution in [2.45, 2.75) is 32.7 Å². The van der Waals surface area contributed by atoms with Crippen LogP contribution in [0.4, 0.5) is 11.4 Å². The Balaban J connectivity index is 1.57. The second-order valence-electron chi connectivity index (χ2n) is 7.97. The number of halogens is 1. The molecule has 0 bridgehead atoms. The number of hydrogen-bond donors (Lipinski definition) is 0. The van der Waals surface area contributed by atoms with E-state index >= 15 is 0 Å². The summed E-state index contributed by atoms with van der Waals surface area (Å²) in [5.41, 5.74) is 5.15. The fraction of sp³-hybridized carbons (Fsp3) is 0.333. The van der Waals surface area contributed by atoms with E-state index in [1.54, 1.807) is 0 Å². The van der Waals surface area contributed by atoms with Gasteiger partial charge < -0.3 is 14.5 Å². The number of fused-ring (bicyclic) bond motifs is 1. The van der Waals surface area contributed by atoms with Crippen LogP contribution in [-0.4, -0.2) is 31.1 Å². The Morgan fingerprint density at radius 2 is 1.65 bits per heavy atom. The van der Waals surface area contributed by atoms with Crippen molar-refractivity contribution in [2.24, 2.45) is 0 Å². The third kappa shape index (κ3) is 5.06. The van der Waals surface area contributed by atoms with Gasteiger partial charge in [-0.1, -0.05) is 55.8 Å². The number of hydrogen-bond acceptors (Lipinski definition) is 3. The Morgan fingerprint density at radius 1 is 0.935 bits per heavy atom. The molecule has 0 aromatic heterocycles. The molecule has 0 saturated carbocycles. The lowest BCUT2D eigenvalue weighted by Gasteiger charge is -2.39. The summed E-state index contributed by atoms with van der Waals surface area (Å²) in [4.78, 5) is 4.83. The van der Waals surface area contributed by atoms with E-state index in [1.165, 1.54) is 22.5 Å². The Bertz CT molecular complexity index is 967. The predicted octanol–water partition coefficient (Wildman–Crippen LogP) is 6.89. The molecule has 1 aliphatic rings. The van der Waals surface area contributed by atoms with Crippen molar-refractivity contribution in [3.05, 3.63) is 88.9 Å². The molecule has 1 atom stereocenters. The van der Waals surface area contributed by atoms with Crippen LogP contribution in [0.3, 0.4) is 0 Å². The third-order valence-corrected chi connectivity index (χ3v) is 6.44. The standard InChI is InChI=1S/C27H31ClN2O/c1-3-29(4-2)19-20-31-25-16-14-24(15-17-25)30-26-8-6-5-7-21(26)11-18-27(30)22-9-12-23(28)13-10-22/h5-10,12-17,27H,3-4,11,18-20H2,1-2H3. The smallest absolute Gasteiger partial charge is 0.119 e. The zero-order chi connectivity index (χ0) is 21.6. The molecule has 0 fully saturated rings. The highest BCUT2D eigenvalue weighted by Gasteiger charge is 2.28. The van der Waals surface area contributed by atoms with Gasteiger partial charge in [-0.2, -0.15) is 0 Å². The first-order valence-electron chi connectivity index (χ1n) is 11.3. The molecule has 4 rings (SSSR count). The highest BCUT2D eigenvalue weighted by molar-refractivity contribution is 6.30. The van der Waals surface area contributed by atoms with Crippen molar-refractivity contribution in [1.82, 2.24) is 4.90 Å². The van der Waals surface area contributed by atoms with Gasteiger partial charge in [-0.25, -0.2) is 0 Å². The molecule has 3 aromatic carbocycles. The van der Waals surface area contributed by atoms with E-state index in [9.17, 15) is 0 Å². The van der Waals surface area contributed by atoms with Crippen molar-refractivity contribution in [3.63, 3.8) is 0 Å². The number of aryl methyl sites for hydroxylation is 1. The lowest BCUT2D eigenvalue weighted by Crippen LogP contribution is -2.29. The summed E-state index contributed by atoms with van der Waals surface area (Å²) < 4.78 is 6.00. The van der Waals surface area contributed by atoms with Gasteiger partial charge in [0.2, 0.25) is 0 Å². The van der Waals surface area contributed by atoms with Gasteiger partial charge in [-0.15, -0.1) is 0 Å². The van der Waals surface area contributed by atoms with Gasteiger partial charge >= 0.3 is 0 Å². The lowest BCUT2D eigenvalue weighted by molar-refractivity contribution is 0.223. The van der Waals surface area contributed by atoms with Crippen LogP contribution in [0.1, 0.15) is 37.4 Å². The molecule has 162 valence electrons. The van der Waals surface area contributed by atoms with Crippen molar-refractivity contribution in [1.29, 1.82) is 0 Å². The number of likely N-dealkylation sites (N-methyl/N-ethyl adjacent to an activating group) is 1. The summed E-state index contributed by atoms with van der Waals surface area (Å²) in [5, 5.41) is 0.776. The fourth-order valence-electron chi connectivity index (χ4n) is 4.40. The van der Waals surface area contributed by atoms with Gasteiger partial charge in [0.1, 0.15) is 12.4 Å². The molecule has 3 nitrogen and oxygen atoms in total. The van der Waals surface area contributed by atoms with Gasteiger partial charge in [-0.3, -0.25) is 0 Å². The summed E-state index contributed by atoms with van der Waals surface area (Å²) in [5.74, 6) is 0.921. The van der Waals surface area contributed by atoms with E-state index in [2.05, 4.69) is 84.3 Å². The minimum atomic E-state index is 0.279. The van der Waals surface area contributed by atoms with Crippen LogP contribution in [0.5, 0.6) is 5.75 Å². The normalized spacial score (nSPS) is 15.7. The van der Waals surface area contributed by atoms with Crippen LogP contribution >= 0.6 is 11.6 Å². The molecule has 4 heteroatoms. The summed E-state index contributed by atoms with van der Waals surface area (Å²) in [6.45, 7) is 8.14. The van der Waals surface area contributed by atoms with Gasteiger partial charge in [0.05, 0.1) is 6.04 Å². The molecule has 0 radical (unpaired) electrons. The number of benzene rings is 3. The number of rotatable bonds is 8. The van der Waals surface area contributed by atoms with Crippen LogP contribution in [-0.2, 0) is 6.42 Å². The van der Waals surface area contributed by atoms with Crippen molar-refractivity contribution >= 4 is 23.0 Å². The van der Waals surface area contributed by atoms with Gasteiger partial charge in [0.15, 0.2) is 0 Å². The number of para-hydroxylation sites is 1. The number of ether oxygens (including phenoxy) is 1. The highest BCUT2D eigenvalue weighted by Crippen LogP contribution is 2.44. The maximum Gasteiger partial charge on any atom is 0.119 e. The Labute approximate surface area is 191 Å². The largest absolute Gasteiger partial charge is 0.492 e. The average molecular weight is 435 g/mol. The lowest BCUT2D eigenvalue weighted by atomic mass is 9.90. The molecule has 0 amide bonds. The fourth-order valence-corrected chi connectivity index (χ4v) is 4.53. The van der Waals surface area contributed by atoms with Crippen LogP contribution in [0.2, 0.25) is 5.02 Å². The molecule has 31 heavy (non-hydrogen) atoms. The zero-order valence-corrected chi connectivity index (χ0v) is 19.2. The minimum Gasteiger partial charge on any atom is -0.492 e. The zero-order valence-electron chi connectivity index (χ0n) is 18.4. The molecule has 3 aromatic rings. The Kier molecular flexibility index (Phi) is 7.16. The SMILES string of the molecule is CCN(CC)CCOc1ccc(N2c3ccccc3CCC2c2ccc(Cl)cc2)cc1. The second kappa shape index (κ2) is 10.2. The first-order chi connectivity index (χ1) is 15.2. The van der Waals surface area contributed by atoms with E-state index in [4.69, 9.17) is 16.3 Å². The maximum absolute atomic E-state index is 6.15. The van der Waals surface area contributed by atoms with Crippen molar-refractivity contribution in [3.8, 4) is 5.75 Å². The van der Waals surface area contributed by atoms with E-state index < -0.39 is 0 Å². The Hall–Kier alpha value is -2.49. The summed E-state index contributed by atoms with van der Waals surface area (Å²) >= 11 is 6.15. The topological polar surface area (TPSA) is 15.7 Å². The number of nitrogens with zero attached hydrogens (tertiary/aromatic N) is 2. The van der Waals surface area contributed by atoms with Crippen LogP contribution in [0.25, 0.3) is 0 Å². The van der Waals surface area contributed by atoms with E-state index in [0.717, 1.165) is 43.2 Å². The van der Waals surface area contributed by atoms with E-state index in [1.807, 2.05) is 12.1 Å². The highest BCUT2D eigenvalue weighted by atomic mass is 35.5. The van der Waals surface area contributed by atoms with E-state index in [0.29, 0.717) is 6.61 Å². The molecular weight excluding hydrogens is 404 g/mol. The maximum atomic E-state index is 6.15. The quantitative estimate of drug-likeness (QED) is 0.384. The molecular formula is C27H31ClN2O. The molecule has 1 heterocycles. The number of anilines is 2. The molecule has 0 aliphatic carbocycles. The summed E-state index contributed by atoms with van der Waals surface area (Å²) in [6, 6.07) is 25.8. The minimum absolute atomic E-state index is 0.279. The predicted molar refractivity (Wildman–Crippen MR) is 131 cm³/mol. The molecule has 0 spiro atoms. The van der Waals surface area contributed by atoms with Crippen molar-refractivity contribution < 1.29 is 4.74 Å². The van der Waals surface area contributed by atoms with Crippen molar-refractivity contribution in [2.75, 3.05) is 31.1 Å². The average Bonchev–Trinajstić information content (AvgIpc) is 2.82. The molecule has 1 unspecified atom stereocenters. The Morgan fingerprint density at radius 3 is 2.35 bits per heavy atom. The van der Waals surface area contributed by atoms with Gasteiger partial charge in [-0.05, 0) is 79.5 Å². The molecule has 1 aliphatic heterocycles. The van der Waals surface area contributed by atoms with Crippen LogP contribution in [0.15, 0.2) is 72.8 Å². The van der Waals surface area contributed by atoms with Gasteiger partial charge in [0.25, 0.3) is 0 Å². The molecule has 0 N–H and O–H groups in total. The first kappa shape index (κ1) is 21.7. The second-order valence-corrected chi connectivity index (χ2v) is 8.41.